The number of rotatable bonds is 3. The van der Waals surface area contributed by atoms with Crippen molar-refractivity contribution in [2.75, 3.05) is 22.9 Å². The highest BCUT2D eigenvalue weighted by molar-refractivity contribution is 6.34. The summed E-state index contributed by atoms with van der Waals surface area (Å²) < 4.78 is 0. The highest BCUT2D eigenvalue weighted by Gasteiger charge is 2.36. The molecule has 2 aromatic rings. The van der Waals surface area contributed by atoms with Crippen molar-refractivity contribution in [3.05, 3.63) is 59.7 Å². The summed E-state index contributed by atoms with van der Waals surface area (Å²) in [6.45, 7) is 1.28. The Labute approximate surface area is 150 Å². The van der Waals surface area contributed by atoms with E-state index in [1.54, 1.807) is 36.4 Å². The van der Waals surface area contributed by atoms with Crippen LogP contribution in [0.5, 0.6) is 0 Å². The van der Waals surface area contributed by atoms with Crippen LogP contribution in [0.4, 0.5) is 11.4 Å². The van der Waals surface area contributed by atoms with Gasteiger partial charge in [-0.2, -0.15) is 0 Å². The fraction of sp³-hybridized carbons (Fsp3) is 0.250. The summed E-state index contributed by atoms with van der Waals surface area (Å²) in [6.07, 6.45) is 1.52. The molecule has 2 heterocycles. The van der Waals surface area contributed by atoms with Gasteiger partial charge in [-0.15, -0.1) is 0 Å². The molecular weight excluding hydrogens is 332 g/mol. The highest BCUT2D eigenvalue weighted by Crippen LogP contribution is 2.30. The van der Waals surface area contributed by atoms with Gasteiger partial charge in [0.2, 0.25) is 0 Å². The first kappa shape index (κ1) is 16.3. The van der Waals surface area contributed by atoms with Crippen LogP contribution in [0.25, 0.3) is 0 Å². The van der Waals surface area contributed by atoms with Crippen molar-refractivity contribution in [1.29, 1.82) is 0 Å². The first-order chi connectivity index (χ1) is 12.6. The van der Waals surface area contributed by atoms with Gasteiger partial charge in [-0.1, -0.05) is 12.1 Å². The van der Waals surface area contributed by atoms with Crippen LogP contribution in [0.3, 0.4) is 0 Å². The summed E-state index contributed by atoms with van der Waals surface area (Å²) >= 11 is 0. The average Bonchev–Trinajstić information content (AvgIpc) is 2.93. The molecule has 132 valence electrons. The van der Waals surface area contributed by atoms with Crippen LogP contribution < -0.4 is 9.80 Å². The number of nitrogens with zero attached hydrogens (tertiary/aromatic N) is 2. The predicted molar refractivity (Wildman–Crippen MR) is 96.6 cm³/mol. The van der Waals surface area contributed by atoms with E-state index in [2.05, 4.69) is 0 Å². The first-order valence-corrected chi connectivity index (χ1v) is 8.62. The zero-order valence-corrected chi connectivity index (χ0v) is 14.1. The van der Waals surface area contributed by atoms with E-state index < -0.39 is 5.97 Å². The Morgan fingerprint density at radius 1 is 0.923 bits per heavy atom. The molecule has 4 rings (SSSR count). The van der Waals surface area contributed by atoms with Crippen LogP contribution in [0.15, 0.2) is 48.5 Å². The number of piperidine rings is 1. The van der Waals surface area contributed by atoms with Gasteiger partial charge in [0, 0.05) is 18.8 Å². The third kappa shape index (κ3) is 2.63. The van der Waals surface area contributed by atoms with Crippen LogP contribution >= 0.6 is 0 Å². The largest absolute Gasteiger partial charge is 0.481 e. The third-order valence-corrected chi connectivity index (χ3v) is 5.04. The quantitative estimate of drug-likeness (QED) is 0.861. The number of benzene rings is 2. The Morgan fingerprint density at radius 2 is 1.50 bits per heavy atom. The summed E-state index contributed by atoms with van der Waals surface area (Å²) in [7, 11) is 0. The van der Waals surface area contributed by atoms with E-state index in [0.717, 1.165) is 18.7 Å². The zero-order valence-electron chi connectivity index (χ0n) is 14.1. The fourth-order valence-corrected chi connectivity index (χ4v) is 3.65. The molecule has 6 nitrogen and oxygen atoms in total. The number of anilines is 2. The van der Waals surface area contributed by atoms with Crippen molar-refractivity contribution in [3.8, 4) is 0 Å². The number of hydrogen-bond acceptors (Lipinski definition) is 4. The molecule has 26 heavy (non-hydrogen) atoms. The Morgan fingerprint density at radius 3 is 2.08 bits per heavy atom. The molecule has 0 radical (unpaired) electrons. The van der Waals surface area contributed by atoms with E-state index in [9.17, 15) is 19.5 Å². The Bertz CT molecular complexity index is 856. The minimum atomic E-state index is -0.766. The summed E-state index contributed by atoms with van der Waals surface area (Å²) in [5, 5.41) is 9.23. The lowest BCUT2D eigenvalue weighted by Gasteiger charge is -2.32. The van der Waals surface area contributed by atoms with Gasteiger partial charge in [-0.05, 0) is 49.2 Å². The number of aliphatic carboxylic acids is 1. The Balaban J connectivity index is 1.57. The van der Waals surface area contributed by atoms with Crippen molar-refractivity contribution in [2.24, 2.45) is 5.92 Å². The molecule has 0 aromatic heterocycles. The van der Waals surface area contributed by atoms with Gasteiger partial charge in [0.05, 0.1) is 22.7 Å². The van der Waals surface area contributed by atoms with Gasteiger partial charge in [0.15, 0.2) is 0 Å². The maximum absolute atomic E-state index is 12.5. The zero-order chi connectivity index (χ0) is 18.3. The molecule has 6 heteroatoms. The van der Waals surface area contributed by atoms with Crippen molar-refractivity contribution in [1.82, 2.24) is 0 Å². The van der Waals surface area contributed by atoms with E-state index in [1.807, 2.05) is 17.0 Å². The van der Waals surface area contributed by atoms with E-state index >= 15 is 0 Å². The molecule has 0 bridgehead atoms. The predicted octanol–water partition coefficient (Wildman–Crippen LogP) is 2.79. The standard InChI is InChI=1S/C20H18N2O4/c23-18-16-5-1-2-6-17(16)19(24)22(18)15-9-7-14(8-10-15)21-11-3-4-13(12-21)20(25)26/h1-2,5-10,13H,3-4,11-12H2,(H,25,26). The van der Waals surface area contributed by atoms with Gasteiger partial charge < -0.3 is 10.0 Å². The minimum Gasteiger partial charge on any atom is -0.481 e. The molecule has 2 amide bonds. The SMILES string of the molecule is O=C(O)C1CCCN(c2ccc(N3C(=O)c4ccccc4C3=O)cc2)C1. The molecule has 1 unspecified atom stereocenters. The molecular formula is C20H18N2O4. The number of carbonyl (C=O) groups is 3. The van der Waals surface area contributed by atoms with E-state index in [4.69, 9.17) is 0 Å². The lowest BCUT2D eigenvalue weighted by atomic mass is 9.98. The summed E-state index contributed by atoms with van der Waals surface area (Å²) in [5.74, 6) is -1.76. The number of carboxylic acid groups (broad SMARTS) is 1. The number of carboxylic acids is 1. The second-order valence-electron chi connectivity index (χ2n) is 6.63. The van der Waals surface area contributed by atoms with Gasteiger partial charge in [0.25, 0.3) is 11.8 Å². The molecule has 2 aliphatic rings. The summed E-state index contributed by atoms with van der Waals surface area (Å²) in [4.78, 5) is 39.5. The average molecular weight is 350 g/mol. The van der Waals surface area contributed by atoms with Crippen LogP contribution in [-0.2, 0) is 4.79 Å². The summed E-state index contributed by atoms with van der Waals surface area (Å²) in [5.41, 5.74) is 2.26. The fourth-order valence-electron chi connectivity index (χ4n) is 3.65. The number of carbonyl (C=O) groups excluding carboxylic acids is 2. The van der Waals surface area contributed by atoms with E-state index in [0.29, 0.717) is 29.8 Å². The van der Waals surface area contributed by atoms with E-state index in [-0.39, 0.29) is 17.7 Å². The molecule has 1 N–H and O–H groups in total. The summed E-state index contributed by atoms with van der Waals surface area (Å²) in [6, 6.07) is 13.9. The van der Waals surface area contributed by atoms with Crippen molar-refractivity contribution < 1.29 is 19.5 Å². The molecule has 1 fully saturated rings. The Hall–Kier alpha value is -3.15. The molecule has 2 aromatic carbocycles. The number of hydrogen-bond donors (Lipinski definition) is 1. The van der Waals surface area contributed by atoms with Gasteiger partial charge in [0.1, 0.15) is 0 Å². The molecule has 0 saturated carbocycles. The monoisotopic (exact) mass is 350 g/mol. The number of imide groups is 1. The van der Waals surface area contributed by atoms with Crippen LogP contribution in [0.2, 0.25) is 0 Å². The van der Waals surface area contributed by atoms with Gasteiger partial charge in [-0.25, -0.2) is 4.90 Å². The van der Waals surface area contributed by atoms with Crippen molar-refractivity contribution in [2.45, 2.75) is 12.8 Å². The van der Waals surface area contributed by atoms with E-state index in [1.165, 1.54) is 4.90 Å². The van der Waals surface area contributed by atoms with Gasteiger partial charge >= 0.3 is 5.97 Å². The van der Waals surface area contributed by atoms with Crippen molar-refractivity contribution >= 4 is 29.2 Å². The first-order valence-electron chi connectivity index (χ1n) is 8.62. The molecule has 1 atom stereocenters. The van der Waals surface area contributed by atoms with Gasteiger partial charge in [-0.3, -0.25) is 14.4 Å². The van der Waals surface area contributed by atoms with Crippen LogP contribution in [-0.4, -0.2) is 36.0 Å². The molecule has 0 aliphatic carbocycles. The highest BCUT2D eigenvalue weighted by atomic mass is 16.4. The van der Waals surface area contributed by atoms with Crippen LogP contribution in [0, 0.1) is 5.92 Å². The third-order valence-electron chi connectivity index (χ3n) is 5.04. The lowest BCUT2D eigenvalue weighted by Crippen LogP contribution is -2.38. The molecule has 1 saturated heterocycles. The maximum Gasteiger partial charge on any atom is 0.308 e. The normalized spacial score (nSPS) is 19.6. The Kier molecular flexibility index (Phi) is 3.95. The second kappa shape index (κ2) is 6.29. The number of fused-ring (bicyclic) bond motifs is 1. The second-order valence-corrected chi connectivity index (χ2v) is 6.63. The smallest absolute Gasteiger partial charge is 0.308 e. The minimum absolute atomic E-state index is 0.317. The molecule has 2 aliphatic heterocycles. The number of amides is 2. The maximum atomic E-state index is 12.5. The lowest BCUT2D eigenvalue weighted by molar-refractivity contribution is -0.141. The molecule has 0 spiro atoms. The van der Waals surface area contributed by atoms with Crippen molar-refractivity contribution in [3.63, 3.8) is 0 Å². The topological polar surface area (TPSA) is 77.9 Å². The van der Waals surface area contributed by atoms with Crippen LogP contribution in [0.1, 0.15) is 33.6 Å².